The lowest BCUT2D eigenvalue weighted by Crippen LogP contribution is -2.46. The molecule has 5 nitrogen and oxygen atoms in total. The van der Waals surface area contributed by atoms with Crippen molar-refractivity contribution in [3.05, 3.63) is 35.9 Å². The summed E-state index contributed by atoms with van der Waals surface area (Å²) in [6.07, 6.45) is 1.81. The topological polar surface area (TPSA) is 76.4 Å². The number of ether oxygens (including phenoxy) is 2. The fourth-order valence-electron chi connectivity index (χ4n) is 2.90. The summed E-state index contributed by atoms with van der Waals surface area (Å²) >= 11 is 0. The van der Waals surface area contributed by atoms with E-state index in [1.807, 2.05) is 36.4 Å². The number of rotatable bonds is 6. The molecule has 1 aromatic rings. The Morgan fingerprint density at radius 1 is 1.35 bits per heavy atom. The lowest BCUT2D eigenvalue weighted by atomic mass is 9.79. The second-order valence-electron chi connectivity index (χ2n) is 5.83. The van der Waals surface area contributed by atoms with Gasteiger partial charge in [-0.05, 0) is 24.8 Å². The summed E-state index contributed by atoms with van der Waals surface area (Å²) in [7, 11) is 0. The van der Waals surface area contributed by atoms with Gasteiger partial charge in [-0.1, -0.05) is 30.3 Å². The van der Waals surface area contributed by atoms with Crippen molar-refractivity contribution in [3.63, 3.8) is 0 Å². The van der Waals surface area contributed by atoms with Gasteiger partial charge in [0.05, 0.1) is 6.61 Å². The summed E-state index contributed by atoms with van der Waals surface area (Å²) in [6.45, 7) is 1.55. The SMILES string of the molecule is CC(=O)O[C@@H](C#N)C[C@]1(OCc2ccccc2)CCCCC1=O. The van der Waals surface area contributed by atoms with Gasteiger partial charge in [-0.25, -0.2) is 0 Å². The standard InChI is InChI=1S/C18H21NO4/c1-14(20)23-16(12-19)11-18(10-6-5-9-17(18)21)22-13-15-7-3-2-4-8-15/h2-4,7-8,16H,5-6,9-11,13H2,1H3/t16-,18-/m1/s1. The van der Waals surface area contributed by atoms with Gasteiger partial charge in [0.15, 0.2) is 11.9 Å². The molecule has 1 aliphatic rings. The van der Waals surface area contributed by atoms with Crippen LogP contribution in [0.3, 0.4) is 0 Å². The number of nitriles is 1. The fourth-order valence-corrected chi connectivity index (χ4v) is 2.90. The average molecular weight is 315 g/mol. The van der Waals surface area contributed by atoms with Crippen molar-refractivity contribution in [2.75, 3.05) is 0 Å². The molecule has 1 saturated carbocycles. The van der Waals surface area contributed by atoms with E-state index in [-0.39, 0.29) is 12.2 Å². The van der Waals surface area contributed by atoms with E-state index in [1.165, 1.54) is 6.92 Å². The van der Waals surface area contributed by atoms with E-state index in [0.29, 0.717) is 19.4 Å². The lowest BCUT2D eigenvalue weighted by Gasteiger charge is -2.36. The molecule has 2 rings (SSSR count). The summed E-state index contributed by atoms with van der Waals surface area (Å²) in [6, 6.07) is 11.5. The summed E-state index contributed by atoms with van der Waals surface area (Å²) in [5.41, 5.74) is -0.0736. The number of nitrogens with zero attached hydrogens (tertiary/aromatic N) is 1. The van der Waals surface area contributed by atoms with E-state index in [1.54, 1.807) is 0 Å². The molecule has 0 amide bonds. The molecule has 0 N–H and O–H groups in total. The average Bonchev–Trinajstić information content (AvgIpc) is 2.55. The van der Waals surface area contributed by atoms with E-state index in [4.69, 9.17) is 9.47 Å². The Kier molecular flexibility index (Phi) is 5.89. The van der Waals surface area contributed by atoms with Crippen molar-refractivity contribution in [1.82, 2.24) is 0 Å². The molecule has 122 valence electrons. The maximum absolute atomic E-state index is 12.5. The van der Waals surface area contributed by atoms with Crippen LogP contribution in [0.4, 0.5) is 0 Å². The van der Waals surface area contributed by atoms with Crippen molar-refractivity contribution in [3.8, 4) is 6.07 Å². The molecule has 0 heterocycles. The van der Waals surface area contributed by atoms with Gasteiger partial charge in [0.1, 0.15) is 11.7 Å². The number of hydrogen-bond acceptors (Lipinski definition) is 5. The van der Waals surface area contributed by atoms with Gasteiger partial charge < -0.3 is 9.47 Å². The van der Waals surface area contributed by atoms with Crippen LogP contribution in [0.15, 0.2) is 30.3 Å². The van der Waals surface area contributed by atoms with Crippen LogP contribution in [-0.2, 0) is 25.7 Å². The van der Waals surface area contributed by atoms with Crippen LogP contribution < -0.4 is 0 Å². The quantitative estimate of drug-likeness (QED) is 0.754. The first-order chi connectivity index (χ1) is 11.1. The maximum atomic E-state index is 12.5. The molecule has 0 spiro atoms. The zero-order chi connectivity index (χ0) is 16.7. The van der Waals surface area contributed by atoms with Crippen LogP contribution in [0.25, 0.3) is 0 Å². The Balaban J connectivity index is 2.13. The molecule has 0 unspecified atom stereocenters. The number of esters is 1. The first-order valence-electron chi connectivity index (χ1n) is 7.84. The lowest BCUT2D eigenvalue weighted by molar-refractivity contribution is -0.162. The predicted molar refractivity (Wildman–Crippen MR) is 83.2 cm³/mol. The summed E-state index contributed by atoms with van der Waals surface area (Å²) < 4.78 is 11.0. The molecule has 0 aromatic heterocycles. The van der Waals surface area contributed by atoms with E-state index in [9.17, 15) is 14.9 Å². The monoisotopic (exact) mass is 315 g/mol. The highest BCUT2D eigenvalue weighted by atomic mass is 16.5. The summed E-state index contributed by atoms with van der Waals surface area (Å²) in [5.74, 6) is -0.537. The minimum absolute atomic E-state index is 0.00733. The van der Waals surface area contributed by atoms with Crippen LogP contribution in [-0.4, -0.2) is 23.5 Å². The summed E-state index contributed by atoms with van der Waals surface area (Å²) in [5, 5.41) is 9.20. The normalized spacial score (nSPS) is 22.2. The molecule has 0 saturated heterocycles. The van der Waals surface area contributed by atoms with Gasteiger partial charge in [0.2, 0.25) is 0 Å². The molecule has 23 heavy (non-hydrogen) atoms. The van der Waals surface area contributed by atoms with Crippen LogP contribution in [0.1, 0.15) is 44.6 Å². The zero-order valence-corrected chi connectivity index (χ0v) is 13.3. The third kappa shape index (κ3) is 4.64. The van der Waals surface area contributed by atoms with Crippen molar-refractivity contribution in [1.29, 1.82) is 5.26 Å². The first kappa shape index (κ1) is 17.2. The first-order valence-corrected chi connectivity index (χ1v) is 7.84. The van der Waals surface area contributed by atoms with Gasteiger partial charge in [-0.15, -0.1) is 0 Å². The molecular formula is C18H21NO4. The third-order valence-electron chi connectivity index (χ3n) is 4.07. The van der Waals surface area contributed by atoms with Crippen molar-refractivity contribution >= 4 is 11.8 Å². The maximum Gasteiger partial charge on any atom is 0.303 e. The van der Waals surface area contributed by atoms with E-state index >= 15 is 0 Å². The Labute approximate surface area is 136 Å². The van der Waals surface area contributed by atoms with Crippen molar-refractivity contribution < 1.29 is 19.1 Å². The fraction of sp³-hybridized carbons (Fsp3) is 0.500. The number of ketones is 1. The van der Waals surface area contributed by atoms with Gasteiger partial charge in [-0.2, -0.15) is 5.26 Å². The van der Waals surface area contributed by atoms with Crippen LogP contribution in [0.5, 0.6) is 0 Å². The highest BCUT2D eigenvalue weighted by Gasteiger charge is 2.43. The van der Waals surface area contributed by atoms with Gasteiger partial charge >= 0.3 is 5.97 Å². The smallest absolute Gasteiger partial charge is 0.303 e. The van der Waals surface area contributed by atoms with E-state index < -0.39 is 17.7 Å². The van der Waals surface area contributed by atoms with Gasteiger partial charge in [0.25, 0.3) is 0 Å². The highest BCUT2D eigenvalue weighted by molar-refractivity contribution is 5.88. The third-order valence-corrected chi connectivity index (χ3v) is 4.07. The molecule has 5 heteroatoms. The van der Waals surface area contributed by atoms with Crippen molar-refractivity contribution in [2.45, 2.75) is 57.3 Å². The Bertz CT molecular complexity index is 593. The largest absolute Gasteiger partial charge is 0.447 e. The Hall–Kier alpha value is -2.19. The predicted octanol–water partition coefficient (Wildman–Crippen LogP) is 2.93. The zero-order valence-electron chi connectivity index (χ0n) is 13.3. The minimum atomic E-state index is -1.04. The molecule has 1 fully saturated rings. The number of Topliss-reactive ketones (excluding diaryl/α,β-unsaturated/α-hetero) is 1. The Morgan fingerprint density at radius 2 is 2.09 bits per heavy atom. The van der Waals surface area contributed by atoms with Crippen LogP contribution >= 0.6 is 0 Å². The van der Waals surface area contributed by atoms with Crippen LogP contribution in [0.2, 0.25) is 0 Å². The Morgan fingerprint density at radius 3 is 2.70 bits per heavy atom. The molecule has 1 aromatic carbocycles. The number of carbonyl (C=O) groups is 2. The number of benzene rings is 1. The molecule has 2 atom stereocenters. The molecule has 1 aliphatic carbocycles. The number of carbonyl (C=O) groups excluding carboxylic acids is 2. The van der Waals surface area contributed by atoms with Gasteiger partial charge in [-0.3, -0.25) is 9.59 Å². The molecular weight excluding hydrogens is 294 g/mol. The van der Waals surface area contributed by atoms with E-state index in [0.717, 1.165) is 18.4 Å². The molecule has 0 radical (unpaired) electrons. The highest BCUT2D eigenvalue weighted by Crippen LogP contribution is 2.34. The summed E-state index contributed by atoms with van der Waals surface area (Å²) in [4.78, 5) is 23.6. The van der Waals surface area contributed by atoms with Gasteiger partial charge in [0, 0.05) is 19.8 Å². The molecule has 0 aliphatic heterocycles. The van der Waals surface area contributed by atoms with Crippen LogP contribution in [0, 0.1) is 11.3 Å². The van der Waals surface area contributed by atoms with E-state index in [2.05, 4.69) is 0 Å². The molecule has 0 bridgehead atoms. The van der Waals surface area contributed by atoms with Crippen molar-refractivity contribution in [2.24, 2.45) is 0 Å². The second-order valence-corrected chi connectivity index (χ2v) is 5.83. The second kappa shape index (κ2) is 7.89. The minimum Gasteiger partial charge on any atom is -0.447 e. The number of hydrogen-bond donors (Lipinski definition) is 0.